The molecule has 0 bridgehead atoms. The molecule has 0 unspecified atom stereocenters. The molecule has 0 radical (unpaired) electrons. The van der Waals surface area contributed by atoms with Gasteiger partial charge in [-0.1, -0.05) is 43.2 Å². The van der Waals surface area contributed by atoms with Crippen LogP contribution >= 0.6 is 0 Å². The van der Waals surface area contributed by atoms with Gasteiger partial charge in [-0.05, 0) is 37.0 Å². The number of benzene rings is 1. The van der Waals surface area contributed by atoms with Crippen LogP contribution in [-0.2, 0) is 24.2 Å². The summed E-state index contributed by atoms with van der Waals surface area (Å²) < 4.78 is 2.16. The minimum absolute atomic E-state index is 0.204. The molecule has 5 nitrogen and oxygen atoms in total. The first-order valence-electron chi connectivity index (χ1n) is 9.93. The number of imidazole rings is 1. The second-order valence-electron chi connectivity index (χ2n) is 7.28. The van der Waals surface area contributed by atoms with Crippen molar-refractivity contribution in [3.05, 3.63) is 60.0 Å². The summed E-state index contributed by atoms with van der Waals surface area (Å²) in [7, 11) is 0. The number of hydrogen-bond acceptors (Lipinski definition) is 3. The number of fused-ring (bicyclic) bond motifs is 1. The van der Waals surface area contributed by atoms with Crippen LogP contribution in [0.2, 0.25) is 0 Å². The molecule has 1 N–H and O–H groups in total. The summed E-state index contributed by atoms with van der Waals surface area (Å²) in [6.07, 6.45) is 8.02. The van der Waals surface area contributed by atoms with E-state index in [9.17, 15) is 4.79 Å². The van der Waals surface area contributed by atoms with Crippen molar-refractivity contribution in [1.29, 1.82) is 0 Å². The van der Waals surface area contributed by atoms with E-state index < -0.39 is 0 Å². The van der Waals surface area contributed by atoms with Crippen molar-refractivity contribution < 1.29 is 4.79 Å². The summed E-state index contributed by atoms with van der Waals surface area (Å²) >= 11 is 0. The van der Waals surface area contributed by atoms with E-state index in [1.165, 1.54) is 18.4 Å². The fourth-order valence-corrected chi connectivity index (χ4v) is 3.96. The molecule has 1 aliphatic rings. The van der Waals surface area contributed by atoms with Crippen LogP contribution in [0.1, 0.15) is 37.1 Å². The Hall–Kier alpha value is -2.69. The van der Waals surface area contributed by atoms with E-state index in [2.05, 4.69) is 39.1 Å². The molecule has 2 heterocycles. The molecule has 2 aromatic heterocycles. The Bertz CT molecular complexity index is 897. The topological polar surface area (TPSA) is 59.8 Å². The maximum absolute atomic E-state index is 12.3. The van der Waals surface area contributed by atoms with Crippen molar-refractivity contribution in [3.63, 3.8) is 0 Å². The van der Waals surface area contributed by atoms with Gasteiger partial charge in [0.25, 0.3) is 0 Å². The third-order valence-corrected chi connectivity index (χ3v) is 5.42. The van der Waals surface area contributed by atoms with Crippen LogP contribution in [-0.4, -0.2) is 27.0 Å². The Morgan fingerprint density at radius 2 is 1.89 bits per heavy atom. The zero-order chi connectivity index (χ0) is 18.5. The van der Waals surface area contributed by atoms with E-state index in [1.54, 1.807) is 6.20 Å². The smallest absolute Gasteiger partial charge is 0.223 e. The minimum atomic E-state index is 0.204. The Morgan fingerprint density at radius 3 is 2.70 bits per heavy atom. The van der Waals surface area contributed by atoms with Gasteiger partial charge in [-0.2, -0.15) is 0 Å². The number of carbonyl (C=O) groups excluding carboxylic acids is 1. The summed E-state index contributed by atoms with van der Waals surface area (Å²) in [5.41, 5.74) is 3.12. The number of carbonyl (C=O) groups is 1. The maximum Gasteiger partial charge on any atom is 0.223 e. The van der Waals surface area contributed by atoms with Crippen LogP contribution in [0, 0.1) is 5.92 Å². The third kappa shape index (κ3) is 4.18. The number of aryl methyl sites for hydroxylation is 2. The van der Waals surface area contributed by atoms with Crippen molar-refractivity contribution in [1.82, 2.24) is 19.9 Å². The fourth-order valence-electron chi connectivity index (χ4n) is 3.96. The molecule has 3 aromatic rings. The average molecular weight is 362 g/mol. The van der Waals surface area contributed by atoms with Gasteiger partial charge in [0.05, 0.1) is 0 Å². The predicted octanol–water partition coefficient (Wildman–Crippen LogP) is 3.52. The molecular weight excluding hydrogens is 336 g/mol. The van der Waals surface area contributed by atoms with Gasteiger partial charge in [-0.3, -0.25) is 4.79 Å². The molecule has 1 aliphatic carbocycles. The molecule has 1 fully saturated rings. The van der Waals surface area contributed by atoms with Gasteiger partial charge in [-0.25, -0.2) is 9.97 Å². The lowest BCUT2D eigenvalue weighted by atomic mass is 10.1. The van der Waals surface area contributed by atoms with E-state index >= 15 is 0 Å². The van der Waals surface area contributed by atoms with Crippen molar-refractivity contribution in [2.45, 2.75) is 45.1 Å². The molecule has 1 aromatic carbocycles. The van der Waals surface area contributed by atoms with E-state index in [1.807, 2.05) is 18.2 Å². The molecule has 140 valence electrons. The first kappa shape index (κ1) is 17.7. The third-order valence-electron chi connectivity index (χ3n) is 5.42. The number of nitrogens with one attached hydrogen (secondary N) is 1. The van der Waals surface area contributed by atoms with Gasteiger partial charge in [-0.15, -0.1) is 0 Å². The minimum Gasteiger partial charge on any atom is -0.354 e. The van der Waals surface area contributed by atoms with E-state index in [4.69, 9.17) is 4.98 Å². The lowest BCUT2D eigenvalue weighted by molar-refractivity contribution is -0.124. The highest BCUT2D eigenvalue weighted by atomic mass is 16.1. The zero-order valence-corrected chi connectivity index (χ0v) is 15.6. The standard InChI is InChI=1S/C22H26N4O/c27-22(18-9-4-5-10-18)24-15-16-26-20(13-12-17-7-2-1-3-8-17)25-19-11-6-14-23-21(19)26/h1-3,6-8,11,14,18H,4-5,9-10,12-13,15-16H2,(H,24,27). The number of nitrogens with zero attached hydrogens (tertiary/aromatic N) is 3. The molecule has 1 saturated carbocycles. The van der Waals surface area contributed by atoms with Gasteiger partial charge in [0.1, 0.15) is 11.3 Å². The van der Waals surface area contributed by atoms with Gasteiger partial charge < -0.3 is 9.88 Å². The second-order valence-corrected chi connectivity index (χ2v) is 7.28. The molecule has 4 rings (SSSR count). The highest BCUT2D eigenvalue weighted by Crippen LogP contribution is 2.24. The van der Waals surface area contributed by atoms with Crippen molar-refractivity contribution in [2.24, 2.45) is 5.92 Å². The quantitative estimate of drug-likeness (QED) is 0.699. The normalized spacial score (nSPS) is 14.7. The van der Waals surface area contributed by atoms with Crippen molar-refractivity contribution in [3.8, 4) is 0 Å². The lowest BCUT2D eigenvalue weighted by Crippen LogP contribution is -2.32. The van der Waals surface area contributed by atoms with Crippen LogP contribution in [0.4, 0.5) is 0 Å². The highest BCUT2D eigenvalue weighted by molar-refractivity contribution is 5.78. The summed E-state index contributed by atoms with van der Waals surface area (Å²) in [5.74, 6) is 1.44. The molecular formula is C22H26N4O. The Labute approximate surface area is 159 Å². The summed E-state index contributed by atoms with van der Waals surface area (Å²) in [4.78, 5) is 21.6. The molecule has 0 aliphatic heterocycles. The van der Waals surface area contributed by atoms with E-state index in [-0.39, 0.29) is 11.8 Å². The van der Waals surface area contributed by atoms with Crippen molar-refractivity contribution >= 4 is 17.1 Å². The number of hydrogen-bond donors (Lipinski definition) is 1. The van der Waals surface area contributed by atoms with Gasteiger partial charge >= 0.3 is 0 Å². The zero-order valence-electron chi connectivity index (χ0n) is 15.6. The number of pyridine rings is 1. The van der Waals surface area contributed by atoms with E-state index in [0.717, 1.165) is 42.7 Å². The summed E-state index contributed by atoms with van der Waals surface area (Å²) in [6.45, 7) is 1.33. The van der Waals surface area contributed by atoms with Crippen LogP contribution in [0.3, 0.4) is 0 Å². The molecule has 0 atom stereocenters. The number of rotatable bonds is 7. The fraction of sp³-hybridized carbons (Fsp3) is 0.409. The van der Waals surface area contributed by atoms with Crippen LogP contribution in [0.25, 0.3) is 11.2 Å². The van der Waals surface area contributed by atoms with Crippen LogP contribution < -0.4 is 5.32 Å². The number of aromatic nitrogens is 3. The maximum atomic E-state index is 12.3. The van der Waals surface area contributed by atoms with Gasteiger partial charge in [0, 0.05) is 31.6 Å². The second kappa shape index (κ2) is 8.33. The first-order valence-corrected chi connectivity index (χ1v) is 9.93. The van der Waals surface area contributed by atoms with Gasteiger partial charge in [0.15, 0.2) is 5.65 Å². The number of amides is 1. The predicted molar refractivity (Wildman–Crippen MR) is 106 cm³/mol. The Balaban J connectivity index is 1.45. The lowest BCUT2D eigenvalue weighted by Gasteiger charge is -2.12. The monoisotopic (exact) mass is 362 g/mol. The summed E-state index contributed by atoms with van der Waals surface area (Å²) in [5, 5.41) is 3.11. The average Bonchev–Trinajstić information content (AvgIpc) is 3.36. The SMILES string of the molecule is O=C(NCCn1c(CCc2ccccc2)nc2cccnc21)C1CCCC1. The highest BCUT2D eigenvalue weighted by Gasteiger charge is 2.22. The molecule has 1 amide bonds. The largest absolute Gasteiger partial charge is 0.354 e. The van der Waals surface area contributed by atoms with E-state index in [0.29, 0.717) is 13.1 Å². The first-order chi connectivity index (χ1) is 13.3. The molecule has 5 heteroatoms. The van der Waals surface area contributed by atoms with Crippen LogP contribution in [0.15, 0.2) is 48.7 Å². The summed E-state index contributed by atoms with van der Waals surface area (Å²) in [6, 6.07) is 14.4. The molecule has 0 saturated heterocycles. The Morgan fingerprint density at radius 1 is 1.07 bits per heavy atom. The van der Waals surface area contributed by atoms with Crippen molar-refractivity contribution in [2.75, 3.05) is 6.54 Å². The Kier molecular flexibility index (Phi) is 5.47. The molecule has 0 spiro atoms. The molecule has 27 heavy (non-hydrogen) atoms. The van der Waals surface area contributed by atoms with Crippen LogP contribution in [0.5, 0.6) is 0 Å². The van der Waals surface area contributed by atoms with Gasteiger partial charge in [0.2, 0.25) is 5.91 Å².